The quantitative estimate of drug-likeness (QED) is 0.465. The van der Waals surface area contributed by atoms with Crippen LogP contribution in [0.15, 0.2) is 30.3 Å². The predicted molar refractivity (Wildman–Crippen MR) is 120 cm³/mol. The van der Waals surface area contributed by atoms with Crippen molar-refractivity contribution in [1.29, 1.82) is 0 Å². The van der Waals surface area contributed by atoms with Crippen LogP contribution in [0.25, 0.3) is 0 Å². The fraction of sp³-hybridized carbons (Fsp3) is 0.500. The fourth-order valence-electron chi connectivity index (χ4n) is 3.73. The number of sulfonamides is 1. The molecule has 168 valence electrons. The number of aryl methyl sites for hydroxylation is 1. The van der Waals surface area contributed by atoms with E-state index in [9.17, 15) is 18.5 Å². The van der Waals surface area contributed by atoms with E-state index in [0.29, 0.717) is 18.7 Å². The van der Waals surface area contributed by atoms with Gasteiger partial charge in [-0.15, -0.1) is 0 Å². The maximum atomic E-state index is 12.6. The number of hydrogen-bond donors (Lipinski definition) is 2. The Balaban J connectivity index is 1.56. The number of nitrogens with zero attached hydrogens (tertiary/aromatic N) is 4. The van der Waals surface area contributed by atoms with Gasteiger partial charge in [-0.2, -0.15) is 0 Å². The Labute approximate surface area is 182 Å². The van der Waals surface area contributed by atoms with Crippen LogP contribution in [-0.2, 0) is 15.8 Å². The maximum absolute atomic E-state index is 12.6. The number of nitrogens with one attached hydrogen (secondary N) is 2. The molecule has 0 spiro atoms. The second kappa shape index (κ2) is 9.56. The molecule has 3 rings (SSSR count). The SMILES string of the molecule is Cc1nc(NC2CCC(NS(=O)(=O)Cc3ccccc3[N+](=O)[O-])CC2)cc(N(C)C)n1. The second-order valence-corrected chi connectivity index (χ2v) is 9.76. The van der Waals surface area contributed by atoms with Crippen molar-refractivity contribution in [2.75, 3.05) is 24.3 Å². The Kier molecular flexibility index (Phi) is 7.06. The first-order valence-corrected chi connectivity index (χ1v) is 11.8. The third kappa shape index (κ3) is 6.34. The minimum absolute atomic E-state index is 0.182. The van der Waals surface area contributed by atoms with Crippen LogP contribution in [0.4, 0.5) is 17.3 Å². The van der Waals surface area contributed by atoms with E-state index in [1.165, 1.54) is 18.2 Å². The lowest BCUT2D eigenvalue weighted by atomic mass is 9.92. The van der Waals surface area contributed by atoms with Gasteiger partial charge in [-0.1, -0.05) is 18.2 Å². The van der Waals surface area contributed by atoms with E-state index in [1.54, 1.807) is 6.07 Å². The van der Waals surface area contributed by atoms with Gasteiger partial charge in [0.05, 0.1) is 10.7 Å². The molecule has 1 fully saturated rings. The monoisotopic (exact) mass is 448 g/mol. The molecule has 11 heteroatoms. The summed E-state index contributed by atoms with van der Waals surface area (Å²) in [6.45, 7) is 1.85. The first kappa shape index (κ1) is 22.9. The first-order valence-electron chi connectivity index (χ1n) is 10.1. The summed E-state index contributed by atoms with van der Waals surface area (Å²) in [4.78, 5) is 21.3. The van der Waals surface area contributed by atoms with E-state index in [1.807, 2.05) is 32.0 Å². The number of para-hydroxylation sites is 1. The molecule has 2 aromatic rings. The van der Waals surface area contributed by atoms with Gasteiger partial charge in [0.1, 0.15) is 17.5 Å². The van der Waals surface area contributed by atoms with Gasteiger partial charge in [0.15, 0.2) is 0 Å². The van der Waals surface area contributed by atoms with Crippen molar-refractivity contribution in [3.8, 4) is 0 Å². The summed E-state index contributed by atoms with van der Waals surface area (Å²) in [5.41, 5.74) is 0.00389. The number of anilines is 2. The normalized spacial score (nSPS) is 19.1. The molecule has 0 radical (unpaired) electrons. The lowest BCUT2D eigenvalue weighted by molar-refractivity contribution is -0.385. The minimum Gasteiger partial charge on any atom is -0.367 e. The Morgan fingerprint density at radius 1 is 1.13 bits per heavy atom. The minimum atomic E-state index is -3.69. The summed E-state index contributed by atoms with van der Waals surface area (Å²) < 4.78 is 27.9. The summed E-state index contributed by atoms with van der Waals surface area (Å²) in [7, 11) is 0.159. The highest BCUT2D eigenvalue weighted by atomic mass is 32.2. The molecule has 0 unspecified atom stereocenters. The molecule has 0 amide bonds. The number of nitro benzene ring substituents is 1. The average Bonchev–Trinajstić information content (AvgIpc) is 2.68. The van der Waals surface area contributed by atoms with Crippen LogP contribution in [0, 0.1) is 17.0 Å². The van der Waals surface area contributed by atoms with Crippen molar-refractivity contribution < 1.29 is 13.3 Å². The maximum Gasteiger partial charge on any atom is 0.273 e. The third-order valence-electron chi connectivity index (χ3n) is 5.24. The molecule has 0 aliphatic heterocycles. The van der Waals surface area contributed by atoms with E-state index in [0.717, 1.165) is 24.5 Å². The Hall–Kier alpha value is -2.79. The van der Waals surface area contributed by atoms with Crippen LogP contribution < -0.4 is 14.9 Å². The average molecular weight is 449 g/mol. The summed E-state index contributed by atoms with van der Waals surface area (Å²) in [5.74, 6) is 1.86. The largest absolute Gasteiger partial charge is 0.367 e. The molecule has 1 saturated carbocycles. The summed E-state index contributed by atoms with van der Waals surface area (Å²) in [5, 5.41) is 14.6. The second-order valence-electron chi connectivity index (χ2n) is 8.01. The van der Waals surface area contributed by atoms with Gasteiger partial charge in [0, 0.05) is 43.9 Å². The molecule has 1 aliphatic rings. The lowest BCUT2D eigenvalue weighted by Gasteiger charge is -2.30. The van der Waals surface area contributed by atoms with E-state index >= 15 is 0 Å². The third-order valence-corrected chi connectivity index (χ3v) is 6.63. The molecule has 10 nitrogen and oxygen atoms in total. The molecule has 1 aliphatic carbocycles. The molecule has 31 heavy (non-hydrogen) atoms. The summed E-state index contributed by atoms with van der Waals surface area (Å²) in [6, 6.07) is 7.83. The number of hydrogen-bond acceptors (Lipinski definition) is 8. The van der Waals surface area contributed by atoms with Gasteiger partial charge < -0.3 is 10.2 Å². The first-order chi connectivity index (χ1) is 14.6. The van der Waals surface area contributed by atoms with Gasteiger partial charge in [-0.3, -0.25) is 10.1 Å². The van der Waals surface area contributed by atoms with Crippen LogP contribution in [0.2, 0.25) is 0 Å². The molecule has 0 bridgehead atoms. The molecule has 1 aromatic heterocycles. The summed E-state index contributed by atoms with van der Waals surface area (Å²) in [6.07, 6.45) is 2.94. The van der Waals surface area contributed by atoms with Crippen molar-refractivity contribution in [2.45, 2.75) is 50.4 Å². The molecule has 0 saturated heterocycles. The van der Waals surface area contributed by atoms with E-state index in [4.69, 9.17) is 0 Å². The number of rotatable bonds is 8. The Morgan fingerprint density at radius 3 is 2.42 bits per heavy atom. The van der Waals surface area contributed by atoms with Crippen molar-refractivity contribution in [1.82, 2.24) is 14.7 Å². The predicted octanol–water partition coefficient (Wildman–Crippen LogP) is 2.60. The highest BCUT2D eigenvalue weighted by molar-refractivity contribution is 7.88. The van der Waals surface area contributed by atoms with E-state index < -0.39 is 20.7 Å². The molecule has 1 heterocycles. The van der Waals surface area contributed by atoms with Crippen molar-refractivity contribution in [2.24, 2.45) is 0 Å². The highest BCUT2D eigenvalue weighted by Crippen LogP contribution is 2.25. The van der Waals surface area contributed by atoms with Crippen molar-refractivity contribution in [3.63, 3.8) is 0 Å². The lowest BCUT2D eigenvalue weighted by Crippen LogP contribution is -2.40. The highest BCUT2D eigenvalue weighted by Gasteiger charge is 2.27. The Morgan fingerprint density at radius 2 is 1.77 bits per heavy atom. The van der Waals surface area contributed by atoms with Crippen LogP contribution in [0.3, 0.4) is 0 Å². The van der Waals surface area contributed by atoms with E-state index in [2.05, 4.69) is 20.0 Å². The van der Waals surface area contributed by atoms with Gasteiger partial charge in [-0.25, -0.2) is 23.1 Å². The molecule has 2 N–H and O–H groups in total. The van der Waals surface area contributed by atoms with Crippen LogP contribution in [0.1, 0.15) is 37.1 Å². The summed E-state index contributed by atoms with van der Waals surface area (Å²) >= 11 is 0. The Bertz CT molecular complexity index is 1040. The van der Waals surface area contributed by atoms with Gasteiger partial charge >= 0.3 is 0 Å². The zero-order valence-electron chi connectivity index (χ0n) is 17.9. The number of aromatic nitrogens is 2. The van der Waals surface area contributed by atoms with Crippen LogP contribution >= 0.6 is 0 Å². The van der Waals surface area contributed by atoms with Gasteiger partial charge in [0.25, 0.3) is 5.69 Å². The zero-order chi connectivity index (χ0) is 22.6. The molecular weight excluding hydrogens is 420 g/mol. The standard InChI is InChI=1S/C20H28N6O4S/c1-14-21-19(12-20(22-14)25(2)3)23-16-8-10-17(11-9-16)24-31(29,30)13-15-6-4-5-7-18(15)26(27)28/h4-7,12,16-17,24H,8-11,13H2,1-3H3,(H,21,22,23). The molecule has 1 aromatic carbocycles. The number of nitro groups is 1. The van der Waals surface area contributed by atoms with Crippen molar-refractivity contribution >= 4 is 27.3 Å². The van der Waals surface area contributed by atoms with Crippen LogP contribution in [-0.4, -0.2) is 49.5 Å². The van der Waals surface area contributed by atoms with Gasteiger partial charge in [0.2, 0.25) is 10.0 Å². The molecule has 0 atom stereocenters. The van der Waals surface area contributed by atoms with Crippen LogP contribution in [0.5, 0.6) is 0 Å². The van der Waals surface area contributed by atoms with Crippen molar-refractivity contribution in [3.05, 3.63) is 51.8 Å². The zero-order valence-corrected chi connectivity index (χ0v) is 18.7. The molecular formula is C20H28N6O4S. The topological polar surface area (TPSA) is 130 Å². The van der Waals surface area contributed by atoms with Gasteiger partial charge in [-0.05, 0) is 32.6 Å². The smallest absolute Gasteiger partial charge is 0.273 e. The fourth-order valence-corrected chi connectivity index (χ4v) is 5.21. The number of benzene rings is 1. The van der Waals surface area contributed by atoms with E-state index in [-0.39, 0.29) is 23.3 Å².